The predicted molar refractivity (Wildman–Crippen MR) is 139 cm³/mol. The Labute approximate surface area is 228 Å². The predicted octanol–water partition coefficient (Wildman–Crippen LogP) is 1.94. The molecule has 182 valence electrons. The summed E-state index contributed by atoms with van der Waals surface area (Å²) in [5, 5.41) is 0. The standard InChI is InChI=1S/C21H25.C5H5.C5H10.2ClH.Zr/c1-20(2,3)16-9-7-14-11-15-8-10-17(21(4,5)6)13-19(15)18(14)12-16;1-2-4-5-3-1;1-3-5-4-2;;;/h7,9-10,12-13H,11H2,1-6H3;1-3H,4H2;3-4H2,1-2H3;2*1H;/q;;;;;+2/p-2. The summed E-state index contributed by atoms with van der Waals surface area (Å²) in [5.41, 5.74) is 9.49. The molecule has 0 radical (unpaired) electrons. The van der Waals surface area contributed by atoms with Crippen LogP contribution in [0.1, 0.15) is 96.9 Å². The van der Waals surface area contributed by atoms with E-state index in [1.165, 1.54) is 47.1 Å². The van der Waals surface area contributed by atoms with Crippen molar-refractivity contribution >= 4 is 6.48 Å². The van der Waals surface area contributed by atoms with Crippen LogP contribution in [-0.4, -0.2) is 3.21 Å². The Morgan fingerprint density at radius 1 is 0.824 bits per heavy atom. The van der Waals surface area contributed by atoms with Crippen LogP contribution in [0.15, 0.2) is 51.8 Å². The minimum atomic E-state index is -2.12. The summed E-state index contributed by atoms with van der Waals surface area (Å²) in [5.74, 6) is 0. The van der Waals surface area contributed by atoms with Crippen LogP contribution in [0.3, 0.4) is 0 Å². The largest absolute Gasteiger partial charge is 1.00 e. The summed E-state index contributed by atoms with van der Waals surface area (Å²) in [6, 6.07) is 12.5. The second kappa shape index (κ2) is 11.1. The molecule has 34 heavy (non-hydrogen) atoms. The van der Waals surface area contributed by atoms with Crippen molar-refractivity contribution in [2.75, 3.05) is 0 Å². The smallest absolute Gasteiger partial charge is 1.00 e. The van der Waals surface area contributed by atoms with E-state index < -0.39 is 21.3 Å². The van der Waals surface area contributed by atoms with Crippen molar-refractivity contribution < 1.29 is 46.1 Å². The second-order valence-electron chi connectivity index (χ2n) is 11.6. The van der Waals surface area contributed by atoms with Crippen LogP contribution in [0.2, 0.25) is 0 Å². The zero-order valence-electron chi connectivity index (χ0n) is 22.2. The van der Waals surface area contributed by atoms with Crippen LogP contribution in [0.4, 0.5) is 0 Å². The Bertz CT molecular complexity index is 1150. The summed E-state index contributed by atoms with van der Waals surface area (Å²) in [6.45, 7) is 18.9. The van der Waals surface area contributed by atoms with E-state index in [1.54, 1.807) is 12.1 Å². The molecule has 2 aliphatic rings. The van der Waals surface area contributed by atoms with Gasteiger partial charge >= 0.3 is 205 Å². The average Bonchev–Trinajstić information content (AvgIpc) is 3.37. The Kier molecular flexibility index (Phi) is 9.63. The second-order valence-corrected chi connectivity index (χ2v) is 18.1. The van der Waals surface area contributed by atoms with Gasteiger partial charge in [-0.2, -0.15) is 0 Å². The first kappa shape index (κ1) is 29.5. The van der Waals surface area contributed by atoms with E-state index in [-0.39, 0.29) is 35.6 Å². The van der Waals surface area contributed by atoms with Gasteiger partial charge in [0.2, 0.25) is 0 Å². The first-order chi connectivity index (χ1) is 15.0. The van der Waals surface area contributed by atoms with Crippen LogP contribution in [-0.2, 0) is 38.5 Å². The summed E-state index contributed by atoms with van der Waals surface area (Å²) >= 11 is -2.12. The number of rotatable bonds is 4. The van der Waals surface area contributed by atoms with Gasteiger partial charge in [0.05, 0.1) is 0 Å². The van der Waals surface area contributed by atoms with Gasteiger partial charge in [0, 0.05) is 0 Å². The maximum Gasteiger partial charge on any atom is -1.00 e. The minimum Gasteiger partial charge on any atom is -1.00 e. The van der Waals surface area contributed by atoms with Crippen molar-refractivity contribution in [3.05, 3.63) is 74.1 Å². The molecule has 0 aliphatic heterocycles. The van der Waals surface area contributed by atoms with E-state index in [2.05, 4.69) is 104 Å². The van der Waals surface area contributed by atoms with Crippen molar-refractivity contribution in [3.63, 3.8) is 0 Å². The summed E-state index contributed by atoms with van der Waals surface area (Å²) in [7, 11) is 0. The average molecular weight is 575 g/mol. The SMILES string of the molecule is CC[C](CC)=[Zr+2]([C]1=CC=CC1)[c]1cc(C(C)(C)C)cc2c1Cc1ccc(C(C)(C)C)cc1-2.[Cl-].[Cl-]. The summed E-state index contributed by atoms with van der Waals surface area (Å²) < 4.78 is 5.39. The fourth-order valence-electron chi connectivity index (χ4n) is 5.22. The van der Waals surface area contributed by atoms with Gasteiger partial charge in [-0.05, 0) is 0 Å². The summed E-state index contributed by atoms with van der Waals surface area (Å²) in [6.07, 6.45) is 11.9. The van der Waals surface area contributed by atoms with Gasteiger partial charge in [-0.15, -0.1) is 0 Å². The van der Waals surface area contributed by atoms with Gasteiger partial charge in [0.1, 0.15) is 0 Å². The van der Waals surface area contributed by atoms with Gasteiger partial charge < -0.3 is 24.8 Å². The number of hydrogen-bond donors (Lipinski definition) is 0. The van der Waals surface area contributed by atoms with Crippen molar-refractivity contribution in [2.24, 2.45) is 0 Å². The first-order valence-electron chi connectivity index (χ1n) is 12.4. The molecule has 0 bridgehead atoms. The molecule has 0 saturated carbocycles. The minimum absolute atomic E-state index is 0. The molecule has 0 unspecified atom stereocenters. The van der Waals surface area contributed by atoms with Gasteiger partial charge in [-0.25, -0.2) is 0 Å². The topological polar surface area (TPSA) is 0 Å². The number of allylic oxidation sites excluding steroid dienone is 4. The quantitative estimate of drug-likeness (QED) is 0.447. The molecule has 0 aromatic heterocycles. The van der Waals surface area contributed by atoms with E-state index in [4.69, 9.17) is 0 Å². The molecule has 2 aromatic carbocycles. The van der Waals surface area contributed by atoms with Crippen molar-refractivity contribution in [3.8, 4) is 11.1 Å². The zero-order valence-corrected chi connectivity index (χ0v) is 26.2. The maximum atomic E-state index is 2.65. The maximum absolute atomic E-state index is 2.65. The van der Waals surface area contributed by atoms with Gasteiger partial charge in [0.25, 0.3) is 0 Å². The van der Waals surface area contributed by atoms with Gasteiger partial charge in [-0.1, -0.05) is 0 Å². The molecule has 2 aromatic rings. The number of halogens is 2. The molecule has 0 N–H and O–H groups in total. The van der Waals surface area contributed by atoms with Crippen molar-refractivity contribution in [2.45, 2.75) is 91.9 Å². The van der Waals surface area contributed by atoms with Crippen LogP contribution in [0.25, 0.3) is 11.1 Å². The Morgan fingerprint density at radius 2 is 1.44 bits per heavy atom. The summed E-state index contributed by atoms with van der Waals surface area (Å²) in [4.78, 5) is 0. The fourth-order valence-corrected chi connectivity index (χ4v) is 13.3. The van der Waals surface area contributed by atoms with Crippen LogP contribution < -0.4 is 28.1 Å². The fraction of sp³-hybridized carbons (Fsp3) is 0.452. The molecule has 0 amide bonds. The molecule has 0 atom stereocenters. The van der Waals surface area contributed by atoms with Crippen LogP contribution in [0, 0.1) is 0 Å². The van der Waals surface area contributed by atoms with E-state index >= 15 is 0 Å². The molecule has 0 spiro atoms. The number of fused-ring (bicyclic) bond motifs is 3. The van der Waals surface area contributed by atoms with E-state index in [0.29, 0.717) is 0 Å². The molecule has 0 nitrogen and oxygen atoms in total. The van der Waals surface area contributed by atoms with Crippen molar-refractivity contribution in [1.82, 2.24) is 0 Å². The Balaban J connectivity index is 0.00000204. The molecule has 0 saturated heterocycles. The third-order valence-corrected chi connectivity index (χ3v) is 15.7. The monoisotopic (exact) mass is 572 g/mol. The van der Waals surface area contributed by atoms with E-state index in [1.807, 2.05) is 3.21 Å². The van der Waals surface area contributed by atoms with E-state index in [0.717, 1.165) is 6.42 Å². The molecule has 0 fully saturated rings. The molecule has 3 heteroatoms. The first-order valence-corrected chi connectivity index (χ1v) is 16.1. The van der Waals surface area contributed by atoms with Crippen molar-refractivity contribution in [1.29, 1.82) is 0 Å². The zero-order chi connectivity index (χ0) is 23.3. The molecular formula is C31H40Cl2Zr. The van der Waals surface area contributed by atoms with E-state index in [9.17, 15) is 0 Å². The third-order valence-electron chi connectivity index (χ3n) is 7.32. The Morgan fingerprint density at radius 3 is 1.97 bits per heavy atom. The van der Waals surface area contributed by atoms with Gasteiger partial charge in [0.15, 0.2) is 0 Å². The molecular weight excluding hydrogens is 534 g/mol. The number of benzene rings is 2. The molecule has 0 heterocycles. The normalized spacial score (nSPS) is 13.8. The van der Waals surface area contributed by atoms with Crippen LogP contribution >= 0.6 is 0 Å². The molecule has 2 aliphatic carbocycles. The number of hydrogen-bond acceptors (Lipinski definition) is 0. The van der Waals surface area contributed by atoms with Gasteiger partial charge in [-0.3, -0.25) is 0 Å². The molecule has 4 rings (SSSR count). The van der Waals surface area contributed by atoms with Crippen LogP contribution in [0.5, 0.6) is 0 Å². The third kappa shape index (κ3) is 5.63. The Hall–Kier alpha value is -0.747.